The zero-order chi connectivity index (χ0) is 9.97. The van der Waals surface area contributed by atoms with E-state index in [0.29, 0.717) is 0 Å². The Kier molecular flexibility index (Phi) is 2.65. The minimum absolute atomic E-state index is 0.281. The largest absolute Gasteiger partial charge is 0.468 e. The summed E-state index contributed by atoms with van der Waals surface area (Å²) in [5.74, 6) is 0.822. The van der Waals surface area contributed by atoms with Gasteiger partial charge in [-0.1, -0.05) is 0 Å². The molecule has 0 atom stereocenters. The molecule has 0 radical (unpaired) electrons. The summed E-state index contributed by atoms with van der Waals surface area (Å²) in [4.78, 5) is 4.37. The van der Waals surface area contributed by atoms with Crippen LogP contribution in [0, 0.1) is 6.92 Å². The molecule has 2 rings (SSSR count). The molecule has 0 saturated heterocycles. The molecule has 0 unspecified atom stereocenters. The molecule has 4 heteroatoms. The summed E-state index contributed by atoms with van der Waals surface area (Å²) in [5, 5.41) is 1.07. The third kappa shape index (κ3) is 1.86. The van der Waals surface area contributed by atoms with Crippen molar-refractivity contribution in [3.8, 4) is 5.75 Å². The van der Waals surface area contributed by atoms with Crippen molar-refractivity contribution in [2.24, 2.45) is 0 Å². The number of aryl methyl sites for hydroxylation is 1. The first-order valence-corrected chi connectivity index (χ1v) is 5.10. The maximum absolute atomic E-state index is 5.33. The molecule has 1 aromatic carbocycles. The first-order valence-electron chi connectivity index (χ1n) is 4.28. The normalized spacial score (nSPS) is 10.7. The van der Waals surface area contributed by atoms with Gasteiger partial charge in [0.15, 0.2) is 6.79 Å². The van der Waals surface area contributed by atoms with Gasteiger partial charge in [-0.15, -0.1) is 11.3 Å². The lowest BCUT2D eigenvalue weighted by Crippen LogP contribution is -1.98. The Balaban J connectivity index is 2.31. The number of nitrogens with zero attached hydrogens (tertiary/aromatic N) is 1. The van der Waals surface area contributed by atoms with E-state index in [0.717, 1.165) is 21.0 Å². The molecule has 0 bridgehead atoms. The van der Waals surface area contributed by atoms with Crippen LogP contribution in [-0.4, -0.2) is 18.9 Å². The molecule has 1 heterocycles. The maximum atomic E-state index is 5.33. The monoisotopic (exact) mass is 209 g/mol. The predicted molar refractivity (Wildman–Crippen MR) is 56.9 cm³/mol. The molecule has 1 aromatic heterocycles. The van der Waals surface area contributed by atoms with Crippen molar-refractivity contribution in [2.75, 3.05) is 13.9 Å². The maximum Gasteiger partial charge on any atom is 0.188 e. The van der Waals surface area contributed by atoms with Crippen LogP contribution in [0.5, 0.6) is 5.75 Å². The second-order valence-corrected chi connectivity index (χ2v) is 4.15. The van der Waals surface area contributed by atoms with Crippen LogP contribution in [0.1, 0.15) is 5.01 Å². The Labute approximate surface area is 86.3 Å². The molecule has 0 aliphatic heterocycles. The van der Waals surface area contributed by atoms with Crippen LogP contribution in [0.4, 0.5) is 0 Å². The highest BCUT2D eigenvalue weighted by Gasteiger charge is 2.01. The molecule has 0 aliphatic carbocycles. The minimum Gasteiger partial charge on any atom is -0.468 e. The van der Waals surface area contributed by atoms with Gasteiger partial charge in [0.25, 0.3) is 0 Å². The van der Waals surface area contributed by atoms with Crippen LogP contribution in [0.25, 0.3) is 10.2 Å². The number of aromatic nitrogens is 1. The van der Waals surface area contributed by atoms with Crippen LogP contribution in [-0.2, 0) is 4.74 Å². The highest BCUT2D eigenvalue weighted by molar-refractivity contribution is 7.18. The lowest BCUT2D eigenvalue weighted by molar-refractivity contribution is 0.0512. The quantitative estimate of drug-likeness (QED) is 0.728. The average Bonchev–Trinajstić information content (AvgIpc) is 2.54. The molecule has 2 aromatic rings. The smallest absolute Gasteiger partial charge is 0.188 e. The highest BCUT2D eigenvalue weighted by Crippen LogP contribution is 2.25. The van der Waals surface area contributed by atoms with Crippen LogP contribution < -0.4 is 4.74 Å². The number of hydrogen-bond donors (Lipinski definition) is 0. The lowest BCUT2D eigenvalue weighted by atomic mass is 10.3. The third-order valence-corrected chi connectivity index (χ3v) is 2.74. The van der Waals surface area contributed by atoms with Crippen molar-refractivity contribution in [1.29, 1.82) is 0 Å². The SMILES string of the molecule is COCOc1ccc2nc(C)sc2c1. The van der Waals surface area contributed by atoms with Gasteiger partial charge >= 0.3 is 0 Å². The van der Waals surface area contributed by atoms with Gasteiger partial charge in [-0.25, -0.2) is 4.98 Å². The van der Waals surface area contributed by atoms with Crippen molar-refractivity contribution >= 4 is 21.6 Å². The van der Waals surface area contributed by atoms with E-state index in [1.54, 1.807) is 18.4 Å². The highest BCUT2D eigenvalue weighted by atomic mass is 32.1. The number of rotatable bonds is 3. The van der Waals surface area contributed by atoms with Crippen LogP contribution in [0.2, 0.25) is 0 Å². The van der Waals surface area contributed by atoms with Gasteiger partial charge in [0.05, 0.1) is 15.2 Å². The van der Waals surface area contributed by atoms with Crippen molar-refractivity contribution in [1.82, 2.24) is 4.98 Å². The number of hydrogen-bond acceptors (Lipinski definition) is 4. The summed E-state index contributed by atoms with van der Waals surface area (Å²) in [6, 6.07) is 5.85. The van der Waals surface area contributed by atoms with E-state index < -0.39 is 0 Å². The number of fused-ring (bicyclic) bond motifs is 1. The number of methoxy groups -OCH3 is 1. The van der Waals surface area contributed by atoms with Gasteiger partial charge in [0, 0.05) is 7.11 Å². The number of ether oxygens (including phenoxy) is 2. The van der Waals surface area contributed by atoms with Gasteiger partial charge in [-0.3, -0.25) is 0 Å². The van der Waals surface area contributed by atoms with Gasteiger partial charge < -0.3 is 9.47 Å². The van der Waals surface area contributed by atoms with E-state index in [1.807, 2.05) is 25.1 Å². The number of thiazole rings is 1. The molecule has 74 valence electrons. The van der Waals surface area contributed by atoms with E-state index >= 15 is 0 Å². The van der Waals surface area contributed by atoms with Crippen LogP contribution in [0.3, 0.4) is 0 Å². The molecule has 0 saturated carbocycles. The van der Waals surface area contributed by atoms with E-state index in [1.165, 1.54) is 0 Å². The minimum atomic E-state index is 0.281. The van der Waals surface area contributed by atoms with Crippen LogP contribution in [0.15, 0.2) is 18.2 Å². The van der Waals surface area contributed by atoms with Crippen molar-refractivity contribution < 1.29 is 9.47 Å². The fraction of sp³-hybridized carbons (Fsp3) is 0.300. The first kappa shape index (κ1) is 9.43. The molecule has 0 amide bonds. The molecule has 0 N–H and O–H groups in total. The van der Waals surface area contributed by atoms with E-state index in [4.69, 9.17) is 9.47 Å². The van der Waals surface area contributed by atoms with Crippen LogP contribution >= 0.6 is 11.3 Å². The fourth-order valence-corrected chi connectivity index (χ4v) is 2.09. The lowest BCUT2D eigenvalue weighted by Gasteiger charge is -2.03. The predicted octanol–water partition coefficient (Wildman–Crippen LogP) is 2.59. The average molecular weight is 209 g/mol. The molecule has 3 nitrogen and oxygen atoms in total. The zero-order valence-corrected chi connectivity index (χ0v) is 8.93. The number of benzene rings is 1. The summed E-state index contributed by atoms with van der Waals surface area (Å²) < 4.78 is 11.3. The summed E-state index contributed by atoms with van der Waals surface area (Å²) in [7, 11) is 1.61. The first-order chi connectivity index (χ1) is 6.79. The second-order valence-electron chi connectivity index (χ2n) is 2.91. The van der Waals surface area contributed by atoms with Gasteiger partial charge in [0.2, 0.25) is 0 Å². The molecule has 0 spiro atoms. The zero-order valence-electron chi connectivity index (χ0n) is 8.11. The van der Waals surface area contributed by atoms with E-state index in [2.05, 4.69) is 4.98 Å². The summed E-state index contributed by atoms with van der Waals surface area (Å²) >= 11 is 1.67. The Morgan fingerprint density at radius 1 is 1.43 bits per heavy atom. The second kappa shape index (κ2) is 3.94. The van der Waals surface area contributed by atoms with Crippen molar-refractivity contribution in [3.05, 3.63) is 23.2 Å². The molecule has 0 fully saturated rings. The fourth-order valence-electron chi connectivity index (χ4n) is 1.24. The summed E-state index contributed by atoms with van der Waals surface area (Å²) in [6.45, 7) is 2.28. The Bertz CT molecular complexity index is 439. The van der Waals surface area contributed by atoms with E-state index in [9.17, 15) is 0 Å². The molecular weight excluding hydrogens is 198 g/mol. The molecule has 0 aliphatic rings. The third-order valence-electron chi connectivity index (χ3n) is 1.81. The van der Waals surface area contributed by atoms with Crippen molar-refractivity contribution in [3.63, 3.8) is 0 Å². The topological polar surface area (TPSA) is 31.4 Å². The van der Waals surface area contributed by atoms with Gasteiger partial charge in [-0.2, -0.15) is 0 Å². The molecule has 14 heavy (non-hydrogen) atoms. The standard InChI is InChI=1S/C10H11NO2S/c1-7-11-9-4-3-8(13-6-12-2)5-10(9)14-7/h3-5H,6H2,1-2H3. The van der Waals surface area contributed by atoms with Gasteiger partial charge in [-0.05, 0) is 25.1 Å². The molecular formula is C10H11NO2S. The Morgan fingerprint density at radius 2 is 2.29 bits per heavy atom. The van der Waals surface area contributed by atoms with Gasteiger partial charge in [0.1, 0.15) is 5.75 Å². The summed E-state index contributed by atoms with van der Waals surface area (Å²) in [5.41, 5.74) is 1.03. The van der Waals surface area contributed by atoms with Crippen molar-refractivity contribution in [2.45, 2.75) is 6.92 Å². The Morgan fingerprint density at radius 3 is 3.07 bits per heavy atom. The van der Waals surface area contributed by atoms with E-state index in [-0.39, 0.29) is 6.79 Å². The summed E-state index contributed by atoms with van der Waals surface area (Å²) in [6.07, 6.45) is 0. The Hall–Kier alpha value is -1.13.